The van der Waals surface area contributed by atoms with Gasteiger partial charge in [-0.05, 0) is 18.6 Å². The first-order valence-corrected chi connectivity index (χ1v) is 4.29. The standard InChI is InChI=1S/C9H13F2NO/c1-2-7(12-6-9(10)11)8-4-3-5-13-8/h3-5,7,9,12H,2,6H2,1H3. The van der Waals surface area contributed by atoms with Gasteiger partial charge in [-0.3, -0.25) is 0 Å². The molecule has 13 heavy (non-hydrogen) atoms. The normalized spacial score (nSPS) is 13.5. The van der Waals surface area contributed by atoms with E-state index in [1.807, 2.05) is 6.92 Å². The van der Waals surface area contributed by atoms with E-state index in [9.17, 15) is 8.78 Å². The average molecular weight is 189 g/mol. The molecule has 0 aliphatic rings. The summed E-state index contributed by atoms with van der Waals surface area (Å²) in [6.45, 7) is 1.63. The highest BCUT2D eigenvalue weighted by Crippen LogP contribution is 2.16. The van der Waals surface area contributed by atoms with Crippen molar-refractivity contribution in [2.75, 3.05) is 6.54 Å². The van der Waals surface area contributed by atoms with Crippen LogP contribution < -0.4 is 5.32 Å². The summed E-state index contributed by atoms with van der Waals surface area (Å²) < 4.78 is 28.9. The highest BCUT2D eigenvalue weighted by Gasteiger charge is 2.13. The maximum absolute atomic E-state index is 11.9. The van der Waals surface area contributed by atoms with E-state index in [-0.39, 0.29) is 12.6 Å². The summed E-state index contributed by atoms with van der Waals surface area (Å²) in [6, 6.07) is 3.43. The first-order chi connectivity index (χ1) is 6.24. The molecule has 74 valence electrons. The molecule has 1 unspecified atom stereocenters. The van der Waals surface area contributed by atoms with Crippen LogP contribution in [0.15, 0.2) is 22.8 Å². The zero-order chi connectivity index (χ0) is 9.68. The Labute approximate surface area is 75.9 Å². The summed E-state index contributed by atoms with van der Waals surface area (Å²) in [5.41, 5.74) is 0. The molecule has 2 nitrogen and oxygen atoms in total. The molecule has 0 spiro atoms. The molecule has 0 saturated carbocycles. The SMILES string of the molecule is CCC(NCC(F)F)c1ccco1. The lowest BCUT2D eigenvalue weighted by atomic mass is 10.2. The Morgan fingerprint density at radius 2 is 2.31 bits per heavy atom. The second-order valence-electron chi connectivity index (χ2n) is 2.78. The van der Waals surface area contributed by atoms with Crippen molar-refractivity contribution < 1.29 is 13.2 Å². The second kappa shape index (κ2) is 4.97. The predicted octanol–water partition coefficient (Wildman–Crippen LogP) is 2.59. The van der Waals surface area contributed by atoms with Gasteiger partial charge in [-0.15, -0.1) is 0 Å². The van der Waals surface area contributed by atoms with Crippen LogP contribution in [-0.2, 0) is 0 Å². The molecular formula is C9H13F2NO. The molecule has 1 rings (SSSR count). The molecule has 0 aliphatic carbocycles. The summed E-state index contributed by atoms with van der Waals surface area (Å²) in [5.74, 6) is 0.711. The minimum Gasteiger partial charge on any atom is -0.468 e. The quantitative estimate of drug-likeness (QED) is 0.770. The van der Waals surface area contributed by atoms with Gasteiger partial charge in [0, 0.05) is 0 Å². The zero-order valence-electron chi connectivity index (χ0n) is 7.47. The fourth-order valence-electron chi connectivity index (χ4n) is 1.17. The highest BCUT2D eigenvalue weighted by molar-refractivity contribution is 5.03. The van der Waals surface area contributed by atoms with Crippen LogP contribution in [0.25, 0.3) is 0 Å². The van der Waals surface area contributed by atoms with Gasteiger partial charge in [-0.1, -0.05) is 6.92 Å². The Balaban J connectivity index is 2.44. The van der Waals surface area contributed by atoms with Crippen LogP contribution in [0.5, 0.6) is 0 Å². The van der Waals surface area contributed by atoms with Crippen LogP contribution in [0, 0.1) is 0 Å². The van der Waals surface area contributed by atoms with E-state index >= 15 is 0 Å². The van der Waals surface area contributed by atoms with Crippen LogP contribution in [0.2, 0.25) is 0 Å². The van der Waals surface area contributed by atoms with E-state index in [4.69, 9.17) is 4.42 Å². The lowest BCUT2D eigenvalue weighted by molar-refractivity contribution is 0.139. The first-order valence-electron chi connectivity index (χ1n) is 4.29. The highest BCUT2D eigenvalue weighted by atomic mass is 19.3. The van der Waals surface area contributed by atoms with E-state index in [1.165, 1.54) is 0 Å². The Kier molecular flexibility index (Phi) is 3.89. The van der Waals surface area contributed by atoms with Crippen molar-refractivity contribution in [1.82, 2.24) is 5.32 Å². The number of hydrogen-bond acceptors (Lipinski definition) is 2. The number of hydrogen-bond donors (Lipinski definition) is 1. The average Bonchev–Trinajstić information content (AvgIpc) is 2.58. The molecule has 0 amide bonds. The Bertz CT molecular complexity index is 224. The maximum Gasteiger partial charge on any atom is 0.250 e. The number of alkyl halides is 2. The Morgan fingerprint density at radius 3 is 2.77 bits per heavy atom. The maximum atomic E-state index is 11.9. The van der Waals surface area contributed by atoms with Gasteiger partial charge in [0.05, 0.1) is 18.8 Å². The second-order valence-corrected chi connectivity index (χ2v) is 2.78. The third-order valence-corrected chi connectivity index (χ3v) is 1.81. The van der Waals surface area contributed by atoms with Crippen LogP contribution in [0.1, 0.15) is 25.1 Å². The molecule has 1 aromatic heterocycles. The lowest BCUT2D eigenvalue weighted by Crippen LogP contribution is -2.25. The molecule has 4 heteroatoms. The van der Waals surface area contributed by atoms with E-state index in [2.05, 4.69) is 5.32 Å². The van der Waals surface area contributed by atoms with Gasteiger partial charge >= 0.3 is 0 Å². The van der Waals surface area contributed by atoms with Crippen molar-refractivity contribution >= 4 is 0 Å². The largest absolute Gasteiger partial charge is 0.468 e. The van der Waals surface area contributed by atoms with E-state index < -0.39 is 6.43 Å². The van der Waals surface area contributed by atoms with Crippen molar-refractivity contribution in [1.29, 1.82) is 0 Å². The number of rotatable bonds is 5. The molecule has 0 saturated heterocycles. The summed E-state index contributed by atoms with van der Waals surface area (Å²) in [7, 11) is 0. The summed E-state index contributed by atoms with van der Waals surface area (Å²) in [4.78, 5) is 0. The van der Waals surface area contributed by atoms with Crippen LogP contribution >= 0.6 is 0 Å². The number of furan rings is 1. The molecular weight excluding hydrogens is 176 g/mol. The van der Waals surface area contributed by atoms with E-state index in [1.54, 1.807) is 18.4 Å². The van der Waals surface area contributed by atoms with Crippen molar-refractivity contribution in [3.8, 4) is 0 Å². The predicted molar refractivity (Wildman–Crippen MR) is 45.7 cm³/mol. The summed E-state index contributed by atoms with van der Waals surface area (Å²) in [6.07, 6.45) is -0.0357. The van der Waals surface area contributed by atoms with Crippen molar-refractivity contribution in [2.24, 2.45) is 0 Å². The molecule has 0 radical (unpaired) electrons. The van der Waals surface area contributed by atoms with Gasteiger partial charge in [-0.2, -0.15) is 0 Å². The molecule has 0 aromatic carbocycles. The molecule has 1 atom stereocenters. The van der Waals surface area contributed by atoms with Gasteiger partial charge in [0.1, 0.15) is 5.76 Å². The van der Waals surface area contributed by atoms with Gasteiger partial charge in [0.2, 0.25) is 0 Å². The monoisotopic (exact) mass is 189 g/mol. The molecule has 1 heterocycles. The Hall–Kier alpha value is -0.900. The van der Waals surface area contributed by atoms with Crippen LogP contribution in [-0.4, -0.2) is 13.0 Å². The lowest BCUT2D eigenvalue weighted by Gasteiger charge is -2.13. The number of halogens is 2. The van der Waals surface area contributed by atoms with Crippen molar-refractivity contribution in [3.63, 3.8) is 0 Å². The van der Waals surface area contributed by atoms with E-state index in [0.717, 1.165) is 6.42 Å². The topological polar surface area (TPSA) is 25.2 Å². The third kappa shape index (κ3) is 3.14. The molecule has 1 aromatic rings. The minimum absolute atomic E-state index is 0.107. The van der Waals surface area contributed by atoms with E-state index in [0.29, 0.717) is 5.76 Å². The van der Waals surface area contributed by atoms with Crippen LogP contribution in [0.4, 0.5) is 8.78 Å². The van der Waals surface area contributed by atoms with Gasteiger partial charge in [-0.25, -0.2) is 8.78 Å². The van der Waals surface area contributed by atoms with Gasteiger partial charge in [0.25, 0.3) is 6.43 Å². The van der Waals surface area contributed by atoms with Crippen LogP contribution in [0.3, 0.4) is 0 Å². The Morgan fingerprint density at radius 1 is 1.54 bits per heavy atom. The first kappa shape index (κ1) is 10.2. The molecule has 1 N–H and O–H groups in total. The smallest absolute Gasteiger partial charge is 0.250 e. The van der Waals surface area contributed by atoms with Gasteiger partial charge in [0.15, 0.2) is 0 Å². The van der Waals surface area contributed by atoms with Crippen molar-refractivity contribution in [2.45, 2.75) is 25.8 Å². The fraction of sp³-hybridized carbons (Fsp3) is 0.556. The fourth-order valence-corrected chi connectivity index (χ4v) is 1.17. The zero-order valence-corrected chi connectivity index (χ0v) is 7.47. The number of nitrogens with one attached hydrogen (secondary N) is 1. The third-order valence-electron chi connectivity index (χ3n) is 1.81. The summed E-state index contributed by atoms with van der Waals surface area (Å²) >= 11 is 0. The molecule has 0 aliphatic heterocycles. The van der Waals surface area contributed by atoms with Crippen molar-refractivity contribution in [3.05, 3.63) is 24.2 Å². The minimum atomic E-state index is -2.32. The molecule has 0 fully saturated rings. The van der Waals surface area contributed by atoms with Gasteiger partial charge < -0.3 is 9.73 Å². The summed E-state index contributed by atoms with van der Waals surface area (Å²) in [5, 5.41) is 2.73. The molecule has 0 bridgehead atoms.